The van der Waals surface area contributed by atoms with Crippen LogP contribution in [0.1, 0.15) is 0 Å². The Hall–Kier alpha value is -19.1. The number of benzene rings is 24. The van der Waals surface area contributed by atoms with Gasteiger partial charge in [0.05, 0.1) is 33.1 Å². The fourth-order valence-electron chi connectivity index (χ4n) is 21.1. The average molecular weight is 1840 g/mol. The molecule has 0 amide bonds. The highest BCUT2D eigenvalue weighted by Gasteiger charge is 2.22. The molecule has 24 aromatic carbocycles. The van der Waals surface area contributed by atoms with Crippen molar-refractivity contribution in [2.24, 2.45) is 0 Å². The maximum Gasteiger partial charge on any atom is 0.0541 e. The van der Waals surface area contributed by atoms with Crippen molar-refractivity contribution in [1.82, 2.24) is 13.7 Å². The summed E-state index contributed by atoms with van der Waals surface area (Å²) in [6, 6.07) is 210. The largest absolute Gasteiger partial charge is 0.311 e. The van der Waals surface area contributed by atoms with E-state index in [1.165, 1.54) is 164 Å². The van der Waals surface area contributed by atoms with Crippen LogP contribution in [0.3, 0.4) is 0 Å². The molecule has 0 saturated carbocycles. The molecule has 0 unspecified atom stereocenters. The first-order valence-electron chi connectivity index (χ1n) is 49.3. The maximum atomic E-state index is 2.38. The highest BCUT2D eigenvalue weighted by atomic mass is 15.2. The van der Waals surface area contributed by atoms with E-state index in [1.807, 2.05) is 0 Å². The lowest BCUT2D eigenvalue weighted by molar-refractivity contribution is 1.18. The number of hydrogen-bond donors (Lipinski definition) is 0. The first-order valence-corrected chi connectivity index (χ1v) is 49.3. The molecule has 3 aromatic heterocycles. The van der Waals surface area contributed by atoms with Gasteiger partial charge in [-0.3, -0.25) is 0 Å². The van der Waals surface area contributed by atoms with Gasteiger partial charge in [-0.05, 0) is 299 Å². The summed E-state index contributed by atoms with van der Waals surface area (Å²) in [6.45, 7) is 0. The van der Waals surface area contributed by atoms with Crippen LogP contribution in [0.4, 0.5) is 51.2 Å². The summed E-state index contributed by atoms with van der Waals surface area (Å²) < 4.78 is 7.10. The molecule has 27 aromatic rings. The van der Waals surface area contributed by atoms with Gasteiger partial charge in [0.15, 0.2) is 0 Å². The minimum atomic E-state index is 1.11. The third-order valence-electron chi connectivity index (χ3n) is 28.1. The lowest BCUT2D eigenvalue weighted by Gasteiger charge is -2.26. The number of nitrogens with zero attached hydrogens (tertiary/aromatic N) is 6. The van der Waals surface area contributed by atoms with Crippen molar-refractivity contribution >= 4 is 149 Å². The van der Waals surface area contributed by atoms with Gasteiger partial charge in [0.2, 0.25) is 0 Å². The second kappa shape index (κ2) is 38.3. The number of para-hydroxylation sites is 9. The molecule has 678 valence electrons. The molecule has 3 heterocycles. The quantitative estimate of drug-likeness (QED) is 0.0856. The molecule has 0 saturated heterocycles. The van der Waals surface area contributed by atoms with Crippen LogP contribution in [0.5, 0.6) is 0 Å². The molecule has 0 spiro atoms. The summed E-state index contributed by atoms with van der Waals surface area (Å²) in [4.78, 5) is 6.99. The highest BCUT2D eigenvalue weighted by molar-refractivity contribution is 6.12. The molecular formula is C138H96N6. The van der Waals surface area contributed by atoms with Crippen molar-refractivity contribution in [3.8, 4) is 83.8 Å². The van der Waals surface area contributed by atoms with E-state index in [-0.39, 0.29) is 0 Å². The zero-order valence-corrected chi connectivity index (χ0v) is 79.1. The lowest BCUT2D eigenvalue weighted by Crippen LogP contribution is -2.09. The third kappa shape index (κ3) is 16.9. The van der Waals surface area contributed by atoms with E-state index in [4.69, 9.17) is 0 Å². The molecule has 0 atom stereocenters. The monoisotopic (exact) mass is 1840 g/mol. The van der Waals surface area contributed by atoms with Crippen LogP contribution in [-0.2, 0) is 0 Å². The van der Waals surface area contributed by atoms with E-state index in [1.54, 1.807) is 0 Å². The first-order chi connectivity index (χ1) is 71.4. The van der Waals surface area contributed by atoms with Crippen LogP contribution < -0.4 is 14.7 Å². The second-order valence-corrected chi connectivity index (χ2v) is 36.7. The first kappa shape index (κ1) is 86.4. The van der Waals surface area contributed by atoms with Gasteiger partial charge in [0, 0.05) is 101 Å². The van der Waals surface area contributed by atoms with Crippen LogP contribution in [0.15, 0.2) is 582 Å². The Bertz CT molecular complexity index is 9190. The molecule has 0 bridgehead atoms. The van der Waals surface area contributed by atoms with Gasteiger partial charge in [0.1, 0.15) is 0 Å². The third-order valence-corrected chi connectivity index (χ3v) is 28.1. The summed E-state index contributed by atoms with van der Waals surface area (Å²) in [6.07, 6.45) is 0. The molecular weight excluding hydrogens is 1740 g/mol. The van der Waals surface area contributed by atoms with Crippen LogP contribution in [0.25, 0.3) is 182 Å². The predicted molar refractivity (Wildman–Crippen MR) is 612 cm³/mol. The normalized spacial score (nSPS) is 11.3. The molecule has 0 aliphatic rings. The molecule has 0 N–H and O–H groups in total. The van der Waals surface area contributed by atoms with Crippen molar-refractivity contribution < 1.29 is 0 Å². The van der Waals surface area contributed by atoms with E-state index in [2.05, 4.69) is 611 Å². The predicted octanol–water partition coefficient (Wildman–Crippen LogP) is 38.2. The fourth-order valence-corrected chi connectivity index (χ4v) is 21.1. The Labute approximate surface area is 837 Å². The number of anilines is 9. The molecule has 6 nitrogen and oxygen atoms in total. The smallest absolute Gasteiger partial charge is 0.0541 e. The Morgan fingerprint density at radius 2 is 0.299 bits per heavy atom. The van der Waals surface area contributed by atoms with Gasteiger partial charge >= 0.3 is 0 Å². The SMILES string of the molecule is c1ccc(N(c2ccc(-c3ccc(-n4c5ccccc5c5ccccc54)cc3)cc2)c2cccc(-c3ccc4ccccc4c3)c2)cc1.c1ccc(N(c2ccc(-c3ccc4ccccc4c3)cc2)c2cccc(-c3ccc(-n4c5ccccc5c5ccccc54)cc3)c2)cc1.c1ccc(N(c2ccc(-c3cccc(-n4c5ccccc5c5ccccc54)c3)cc2)c2ccc(-c3ccc4ccccc4c3)cc2)cc1. The molecule has 0 radical (unpaired) electrons. The summed E-state index contributed by atoms with van der Waals surface area (Å²) >= 11 is 0. The van der Waals surface area contributed by atoms with Crippen LogP contribution in [0, 0.1) is 0 Å². The van der Waals surface area contributed by atoms with E-state index in [0.29, 0.717) is 0 Å². The summed E-state index contributed by atoms with van der Waals surface area (Å²) in [5.74, 6) is 0. The fraction of sp³-hybridized carbons (Fsp3) is 0. The molecule has 27 rings (SSSR count). The second-order valence-electron chi connectivity index (χ2n) is 36.7. The minimum absolute atomic E-state index is 1.11. The maximum absolute atomic E-state index is 2.38. The summed E-state index contributed by atoms with van der Waals surface area (Å²) in [5, 5.41) is 15.2. The highest BCUT2D eigenvalue weighted by Crippen LogP contribution is 2.45. The van der Waals surface area contributed by atoms with Crippen LogP contribution in [-0.4, -0.2) is 13.7 Å². The van der Waals surface area contributed by atoms with Crippen molar-refractivity contribution in [3.63, 3.8) is 0 Å². The number of fused-ring (bicyclic) bond motifs is 12. The summed E-state index contributed by atoms with van der Waals surface area (Å²) in [5.41, 5.74) is 35.2. The topological polar surface area (TPSA) is 24.5 Å². The minimum Gasteiger partial charge on any atom is -0.311 e. The molecule has 0 fully saturated rings. The van der Waals surface area contributed by atoms with Gasteiger partial charge in [-0.1, -0.05) is 382 Å². The molecule has 0 aliphatic carbocycles. The Balaban J connectivity index is 0.000000113. The van der Waals surface area contributed by atoms with E-state index in [9.17, 15) is 0 Å². The van der Waals surface area contributed by atoms with Gasteiger partial charge in [-0.15, -0.1) is 0 Å². The zero-order valence-electron chi connectivity index (χ0n) is 79.1. The average Bonchev–Trinajstić information content (AvgIpc) is 1.56. The molecule has 0 aliphatic heterocycles. The van der Waals surface area contributed by atoms with Crippen LogP contribution in [0.2, 0.25) is 0 Å². The van der Waals surface area contributed by atoms with Gasteiger partial charge in [-0.25, -0.2) is 0 Å². The van der Waals surface area contributed by atoms with Gasteiger partial charge in [-0.2, -0.15) is 0 Å². The van der Waals surface area contributed by atoms with Crippen LogP contribution >= 0.6 is 0 Å². The van der Waals surface area contributed by atoms with Gasteiger partial charge in [0.25, 0.3) is 0 Å². The molecule has 144 heavy (non-hydrogen) atoms. The van der Waals surface area contributed by atoms with E-state index >= 15 is 0 Å². The van der Waals surface area contributed by atoms with E-state index < -0.39 is 0 Å². The number of hydrogen-bond acceptors (Lipinski definition) is 3. The Kier molecular flexibility index (Phi) is 23.0. The number of rotatable bonds is 18. The van der Waals surface area contributed by atoms with E-state index in [0.717, 1.165) is 68.2 Å². The Morgan fingerprint density at radius 1 is 0.104 bits per heavy atom. The standard InChI is InChI=1S/3C46H32N2/c1-2-14-39(15-3-1)47(40-27-23-35(24-28-40)38-22-21-33-11-4-5-12-36(33)31-38)42-16-10-13-37(32-42)34-25-29-41(30-26-34)48-45-19-8-6-17-43(45)44-18-7-9-20-46(44)48;1-2-14-39(15-3-1)47(41-29-25-35(26-30-41)38-22-21-33-11-4-5-12-36(33)31-38)40-27-23-34(24-28-40)37-13-10-16-42(32-37)48-45-19-8-6-17-43(45)44-18-7-9-20-46(44)48;1-2-14-39(15-3-1)47(42-16-10-13-37(32-42)38-22-21-33-11-4-5-12-36(33)31-38)40-27-23-34(24-28-40)35-25-29-41(30-26-35)48-45-19-8-6-17-43(45)44-18-7-9-20-46(44)48/h3*1-32H. The van der Waals surface area contributed by atoms with Crippen molar-refractivity contribution in [2.45, 2.75) is 0 Å². The number of aromatic nitrogens is 3. The van der Waals surface area contributed by atoms with Gasteiger partial charge < -0.3 is 28.4 Å². The molecule has 6 heteroatoms. The lowest BCUT2D eigenvalue weighted by atomic mass is 10.0. The summed E-state index contributed by atoms with van der Waals surface area (Å²) in [7, 11) is 0. The van der Waals surface area contributed by atoms with Crippen molar-refractivity contribution in [2.75, 3.05) is 14.7 Å². The van der Waals surface area contributed by atoms with Crippen molar-refractivity contribution in [3.05, 3.63) is 582 Å². The van der Waals surface area contributed by atoms with Crippen molar-refractivity contribution in [1.29, 1.82) is 0 Å². The zero-order chi connectivity index (χ0) is 95.6. The Morgan fingerprint density at radius 3 is 0.604 bits per heavy atom.